The third-order valence-electron chi connectivity index (χ3n) is 12.7. The highest BCUT2D eigenvalue weighted by Gasteiger charge is 2.61. The number of fused-ring (bicyclic) bond motifs is 6. The predicted molar refractivity (Wildman–Crippen MR) is 230 cm³/mol. The highest BCUT2D eigenvalue weighted by atomic mass is 35.5. The van der Waals surface area contributed by atoms with E-state index < -0.39 is 25.5 Å². The quantitative estimate of drug-likeness (QED) is 0.0501. The lowest BCUT2D eigenvalue weighted by atomic mass is 9.51. The molecule has 1 aliphatic carbocycles. The molecule has 60 heavy (non-hydrogen) atoms. The van der Waals surface area contributed by atoms with E-state index in [-0.39, 0.29) is 41.2 Å². The van der Waals surface area contributed by atoms with Crippen molar-refractivity contribution in [3.63, 3.8) is 0 Å². The van der Waals surface area contributed by atoms with Crippen LogP contribution >= 0.6 is 20.2 Å². The molecule has 314 valence electrons. The monoisotopic (exact) mass is 854 g/mol. The van der Waals surface area contributed by atoms with E-state index in [1.807, 2.05) is 62.4 Å². The van der Waals surface area contributed by atoms with Crippen molar-refractivity contribution in [3.8, 4) is 11.5 Å². The Labute approximate surface area is 354 Å². The highest BCUT2D eigenvalue weighted by molar-refractivity contribution is 7.39. The normalized spacial score (nSPS) is 21.8. The molecule has 0 bridgehead atoms. The van der Waals surface area contributed by atoms with E-state index in [1.165, 1.54) is 17.1 Å². The van der Waals surface area contributed by atoms with Gasteiger partial charge in [0, 0.05) is 78.4 Å². The van der Waals surface area contributed by atoms with E-state index >= 15 is 0 Å². The number of carbonyl (C=O) groups excluding carboxylic acids is 5. The van der Waals surface area contributed by atoms with Crippen molar-refractivity contribution in [1.29, 1.82) is 0 Å². The van der Waals surface area contributed by atoms with E-state index in [0.717, 1.165) is 40.1 Å². The van der Waals surface area contributed by atoms with Gasteiger partial charge in [0.1, 0.15) is 11.5 Å². The molecule has 0 spiro atoms. The van der Waals surface area contributed by atoms with Gasteiger partial charge >= 0.3 is 14.7 Å². The standard InChI is InChI=1S/C45H48ClN4O9P/c1-3-45(26-44(2,27-45)41(53)50-25-28(24-46)40-33-15-9-8-14-32(33)37(23-35(40)50)59-60(56)57)42(54)48-21-18-30-29-12-6-7-13-31(29)36(22-34(30)48)58-43(55)47-19-10-4-5-11-20-49-38(51)16-17-39(49)52/h6-9,12-17,22-23,28,56-57H,3-5,10-11,18-21,24-27H2,1-2H3,(H,47,55). The van der Waals surface area contributed by atoms with Gasteiger partial charge in [-0.15, -0.1) is 11.6 Å². The number of amides is 5. The van der Waals surface area contributed by atoms with E-state index in [9.17, 15) is 33.8 Å². The summed E-state index contributed by atoms with van der Waals surface area (Å²) in [6.45, 7) is 5.47. The Bertz CT molecular complexity index is 2410. The smallest absolute Gasteiger partial charge is 0.412 e. The van der Waals surface area contributed by atoms with Gasteiger partial charge in [0.05, 0.1) is 16.8 Å². The van der Waals surface area contributed by atoms with Crippen molar-refractivity contribution in [3.05, 3.63) is 83.9 Å². The van der Waals surface area contributed by atoms with Gasteiger partial charge in [-0.1, -0.05) is 75.2 Å². The Kier molecular flexibility index (Phi) is 11.6. The van der Waals surface area contributed by atoms with Crippen molar-refractivity contribution < 1.29 is 43.0 Å². The maximum atomic E-state index is 14.8. The first kappa shape index (κ1) is 41.7. The number of halogens is 1. The lowest BCUT2D eigenvalue weighted by Gasteiger charge is -2.54. The van der Waals surface area contributed by atoms with Crippen LogP contribution in [0.3, 0.4) is 0 Å². The average molecular weight is 855 g/mol. The number of hydrogen-bond acceptors (Lipinski definition) is 9. The summed E-state index contributed by atoms with van der Waals surface area (Å²) in [6.07, 6.45) is 6.79. The lowest BCUT2D eigenvalue weighted by Crippen LogP contribution is -2.60. The van der Waals surface area contributed by atoms with Crippen molar-refractivity contribution >= 4 is 82.8 Å². The molecule has 0 aromatic heterocycles. The molecule has 0 radical (unpaired) electrons. The third kappa shape index (κ3) is 7.50. The molecule has 4 aliphatic rings. The molecule has 5 amide bonds. The molecule has 3 N–H and O–H groups in total. The molecular weight excluding hydrogens is 807 g/mol. The van der Waals surface area contributed by atoms with Gasteiger partial charge in [-0.05, 0) is 60.4 Å². The van der Waals surface area contributed by atoms with Crippen LogP contribution in [-0.4, -0.2) is 76.5 Å². The number of nitrogens with zero attached hydrogens (tertiary/aromatic N) is 3. The van der Waals surface area contributed by atoms with Gasteiger partial charge in [0.25, 0.3) is 11.8 Å². The Morgan fingerprint density at radius 2 is 1.48 bits per heavy atom. The first-order valence-electron chi connectivity index (χ1n) is 20.5. The zero-order valence-corrected chi connectivity index (χ0v) is 35.3. The van der Waals surface area contributed by atoms with Crippen LogP contribution in [0.1, 0.15) is 75.8 Å². The molecule has 3 aliphatic heterocycles. The van der Waals surface area contributed by atoms with Crippen LogP contribution in [0.5, 0.6) is 11.5 Å². The summed E-state index contributed by atoms with van der Waals surface area (Å²) in [4.78, 5) is 90.3. The fraction of sp³-hybridized carbons (Fsp3) is 0.400. The number of imide groups is 1. The molecular formula is C45H48ClN4O9P. The van der Waals surface area contributed by atoms with Crippen LogP contribution in [0.2, 0.25) is 0 Å². The van der Waals surface area contributed by atoms with E-state index in [0.29, 0.717) is 87.2 Å². The number of hydrogen-bond donors (Lipinski definition) is 3. The fourth-order valence-corrected chi connectivity index (χ4v) is 10.5. The SMILES string of the molecule is CCC1(C(=O)N2CCc3c2cc(OC(=O)NCCCCCCN2C(=O)C=CC2=O)c2ccccc32)CC(C)(C(=O)N2CC(CCl)c3c2cc(OP(O)O)c2ccccc32)C1. The lowest BCUT2D eigenvalue weighted by molar-refractivity contribution is -0.153. The van der Waals surface area contributed by atoms with Crippen LogP contribution < -0.4 is 24.4 Å². The summed E-state index contributed by atoms with van der Waals surface area (Å²) in [6, 6.07) is 18.7. The Morgan fingerprint density at radius 3 is 2.15 bits per heavy atom. The number of anilines is 2. The molecule has 4 aromatic rings. The molecule has 1 saturated carbocycles. The Hall–Kier alpha value is -5.07. The van der Waals surface area contributed by atoms with Crippen molar-refractivity contribution in [1.82, 2.24) is 10.2 Å². The molecule has 0 saturated heterocycles. The minimum Gasteiger partial charge on any atom is -0.426 e. The number of carbonyl (C=O) groups is 5. The maximum absolute atomic E-state index is 14.8. The summed E-state index contributed by atoms with van der Waals surface area (Å²) >= 11 is 6.51. The molecule has 1 unspecified atom stereocenters. The van der Waals surface area contributed by atoms with Crippen LogP contribution in [0.15, 0.2) is 72.8 Å². The third-order valence-corrected chi connectivity index (χ3v) is 13.5. The molecule has 15 heteroatoms. The van der Waals surface area contributed by atoms with Crippen LogP contribution in [0.25, 0.3) is 21.5 Å². The molecule has 3 heterocycles. The molecule has 4 aromatic carbocycles. The highest BCUT2D eigenvalue weighted by Crippen LogP contribution is 2.60. The number of alkyl halides is 1. The molecule has 1 fully saturated rings. The Balaban J connectivity index is 0.953. The number of unbranched alkanes of at least 4 members (excludes halogenated alkanes) is 3. The van der Waals surface area contributed by atoms with Crippen molar-refractivity contribution in [2.75, 3.05) is 41.9 Å². The van der Waals surface area contributed by atoms with E-state index in [4.69, 9.17) is 20.9 Å². The average Bonchev–Trinajstić information content (AvgIpc) is 3.93. The first-order chi connectivity index (χ1) is 28.9. The van der Waals surface area contributed by atoms with Crippen LogP contribution in [-0.2, 0) is 25.6 Å². The summed E-state index contributed by atoms with van der Waals surface area (Å²) < 4.78 is 11.4. The summed E-state index contributed by atoms with van der Waals surface area (Å²) in [5.74, 6) is 0.00291. The molecule has 8 rings (SSSR count). The second-order valence-corrected chi connectivity index (χ2v) is 17.5. The van der Waals surface area contributed by atoms with Crippen molar-refractivity contribution in [2.24, 2.45) is 10.8 Å². The summed E-state index contributed by atoms with van der Waals surface area (Å²) in [7, 11) is -2.70. The van der Waals surface area contributed by atoms with E-state index in [1.54, 1.807) is 21.9 Å². The Morgan fingerprint density at radius 1 is 0.850 bits per heavy atom. The van der Waals surface area contributed by atoms with Gasteiger partial charge in [-0.2, -0.15) is 0 Å². The topological polar surface area (TPSA) is 166 Å². The maximum Gasteiger partial charge on any atom is 0.412 e. The summed E-state index contributed by atoms with van der Waals surface area (Å²) in [5, 5.41) is 6.03. The van der Waals surface area contributed by atoms with Gasteiger partial charge in [-0.25, -0.2) is 4.79 Å². The van der Waals surface area contributed by atoms with Crippen LogP contribution in [0.4, 0.5) is 16.2 Å². The largest absolute Gasteiger partial charge is 0.426 e. The minimum absolute atomic E-state index is 0.0594. The van der Waals surface area contributed by atoms with E-state index in [2.05, 4.69) is 5.32 Å². The van der Waals surface area contributed by atoms with Gasteiger partial charge in [0.2, 0.25) is 11.8 Å². The second kappa shape index (κ2) is 16.8. The predicted octanol–water partition coefficient (Wildman–Crippen LogP) is 7.61. The minimum atomic E-state index is -2.70. The van der Waals surface area contributed by atoms with Gasteiger partial charge in [-0.3, -0.25) is 24.1 Å². The summed E-state index contributed by atoms with van der Waals surface area (Å²) in [5.41, 5.74) is 1.60. The number of ether oxygens (including phenoxy) is 1. The fourth-order valence-electron chi connectivity index (χ4n) is 9.91. The van der Waals surface area contributed by atoms with Gasteiger partial charge < -0.3 is 34.2 Å². The number of rotatable bonds is 14. The number of benzene rings is 4. The second-order valence-electron chi connectivity index (χ2n) is 16.5. The number of nitrogens with one attached hydrogen (secondary N) is 1. The zero-order chi connectivity index (χ0) is 42.3. The molecule has 13 nitrogen and oxygen atoms in total. The first-order valence-corrected chi connectivity index (χ1v) is 22.2. The molecule has 1 atom stereocenters. The van der Waals surface area contributed by atoms with Gasteiger partial charge in [0.15, 0.2) is 0 Å². The zero-order valence-electron chi connectivity index (χ0n) is 33.6. The van der Waals surface area contributed by atoms with Crippen molar-refractivity contribution in [2.45, 2.75) is 71.1 Å². The van der Waals surface area contributed by atoms with Crippen LogP contribution in [0, 0.1) is 10.8 Å².